The molecule has 0 aliphatic rings. The van der Waals surface area contributed by atoms with Crippen molar-refractivity contribution >= 4 is 10.0 Å². The van der Waals surface area contributed by atoms with Crippen LogP contribution >= 0.6 is 0 Å². The zero-order chi connectivity index (χ0) is 12.2. The summed E-state index contributed by atoms with van der Waals surface area (Å²) < 4.78 is 22.8. The van der Waals surface area contributed by atoms with Gasteiger partial charge < -0.3 is 0 Å². The standard InChI is InChI=1S/C11H18N2O2S/c1-3-9(4-2)10-5-7-11(8-6-10)16(14,15)13-12/h5-9,13H,3-4,12H2,1-2H3. The first-order chi connectivity index (χ1) is 7.55. The molecule has 0 spiro atoms. The zero-order valence-electron chi connectivity index (χ0n) is 9.60. The van der Waals surface area contributed by atoms with Crippen molar-refractivity contribution in [1.29, 1.82) is 0 Å². The van der Waals surface area contributed by atoms with Crippen molar-refractivity contribution < 1.29 is 8.42 Å². The molecule has 5 heteroatoms. The highest BCUT2D eigenvalue weighted by atomic mass is 32.2. The van der Waals surface area contributed by atoms with E-state index in [0.29, 0.717) is 5.92 Å². The number of nitrogens with one attached hydrogen (secondary N) is 1. The maximum Gasteiger partial charge on any atom is 0.253 e. The molecule has 0 fully saturated rings. The lowest BCUT2D eigenvalue weighted by molar-refractivity contribution is 0.584. The molecule has 3 N–H and O–H groups in total. The quantitative estimate of drug-likeness (QED) is 0.610. The lowest BCUT2D eigenvalue weighted by atomic mass is 9.94. The Bertz CT molecular complexity index is 422. The number of rotatable bonds is 5. The molecule has 0 heterocycles. The van der Waals surface area contributed by atoms with Gasteiger partial charge in [0.05, 0.1) is 4.90 Å². The van der Waals surface area contributed by atoms with Crippen LogP contribution in [0.4, 0.5) is 0 Å². The van der Waals surface area contributed by atoms with Crippen molar-refractivity contribution in [3.05, 3.63) is 29.8 Å². The van der Waals surface area contributed by atoms with Crippen LogP contribution in [0.3, 0.4) is 0 Å². The van der Waals surface area contributed by atoms with E-state index >= 15 is 0 Å². The average Bonchev–Trinajstić information content (AvgIpc) is 2.31. The van der Waals surface area contributed by atoms with Crippen LogP contribution in [0.15, 0.2) is 29.2 Å². The van der Waals surface area contributed by atoms with E-state index in [0.717, 1.165) is 12.8 Å². The van der Waals surface area contributed by atoms with Crippen molar-refractivity contribution in [2.45, 2.75) is 37.5 Å². The van der Waals surface area contributed by atoms with Gasteiger partial charge in [0.25, 0.3) is 10.0 Å². The third kappa shape index (κ3) is 2.81. The minimum Gasteiger partial charge on any atom is -0.257 e. The van der Waals surface area contributed by atoms with Crippen LogP contribution in [0.2, 0.25) is 0 Å². The van der Waals surface area contributed by atoms with E-state index < -0.39 is 10.0 Å². The van der Waals surface area contributed by atoms with E-state index in [1.54, 1.807) is 17.0 Å². The summed E-state index contributed by atoms with van der Waals surface area (Å²) in [4.78, 5) is 2.01. The van der Waals surface area contributed by atoms with Gasteiger partial charge in [-0.3, -0.25) is 5.84 Å². The number of benzene rings is 1. The predicted molar refractivity (Wildman–Crippen MR) is 64.3 cm³/mol. The molecule has 0 amide bonds. The van der Waals surface area contributed by atoms with Gasteiger partial charge in [-0.25, -0.2) is 8.42 Å². The zero-order valence-corrected chi connectivity index (χ0v) is 10.4. The Kier molecular flexibility index (Phi) is 4.46. The van der Waals surface area contributed by atoms with Gasteiger partial charge in [0.1, 0.15) is 0 Å². The molecular formula is C11H18N2O2S. The highest BCUT2D eigenvalue weighted by Crippen LogP contribution is 2.23. The topological polar surface area (TPSA) is 72.2 Å². The fraction of sp³-hybridized carbons (Fsp3) is 0.455. The summed E-state index contributed by atoms with van der Waals surface area (Å²) in [5, 5.41) is 0. The van der Waals surface area contributed by atoms with Crippen molar-refractivity contribution in [3.8, 4) is 0 Å². The Morgan fingerprint density at radius 3 is 2.06 bits per heavy atom. The van der Waals surface area contributed by atoms with Gasteiger partial charge >= 0.3 is 0 Å². The Morgan fingerprint density at radius 2 is 1.69 bits per heavy atom. The van der Waals surface area contributed by atoms with Crippen LogP contribution < -0.4 is 10.7 Å². The minimum absolute atomic E-state index is 0.199. The second-order valence-electron chi connectivity index (χ2n) is 3.70. The molecule has 0 radical (unpaired) electrons. The van der Waals surface area contributed by atoms with Gasteiger partial charge in [-0.05, 0) is 36.5 Å². The molecule has 0 unspecified atom stereocenters. The summed E-state index contributed by atoms with van der Waals surface area (Å²) >= 11 is 0. The molecule has 0 atom stereocenters. The second-order valence-corrected chi connectivity index (χ2v) is 5.42. The van der Waals surface area contributed by atoms with E-state index in [9.17, 15) is 8.42 Å². The fourth-order valence-corrected chi connectivity index (χ4v) is 2.38. The molecule has 4 nitrogen and oxygen atoms in total. The summed E-state index contributed by atoms with van der Waals surface area (Å²) in [6, 6.07) is 6.87. The van der Waals surface area contributed by atoms with Gasteiger partial charge in [-0.1, -0.05) is 26.0 Å². The van der Waals surface area contributed by atoms with E-state index in [-0.39, 0.29) is 4.90 Å². The van der Waals surface area contributed by atoms with Crippen LogP contribution in [-0.4, -0.2) is 8.42 Å². The van der Waals surface area contributed by atoms with E-state index in [4.69, 9.17) is 5.84 Å². The first-order valence-electron chi connectivity index (χ1n) is 5.37. The van der Waals surface area contributed by atoms with Gasteiger partial charge in [-0.15, -0.1) is 0 Å². The molecule has 0 aliphatic heterocycles. The maximum atomic E-state index is 11.4. The summed E-state index contributed by atoms with van der Waals surface area (Å²) in [6.45, 7) is 4.25. The highest BCUT2D eigenvalue weighted by Gasteiger charge is 2.12. The molecular weight excluding hydrogens is 224 g/mol. The highest BCUT2D eigenvalue weighted by molar-refractivity contribution is 7.89. The largest absolute Gasteiger partial charge is 0.257 e. The Morgan fingerprint density at radius 1 is 1.19 bits per heavy atom. The monoisotopic (exact) mass is 242 g/mol. The van der Waals surface area contributed by atoms with Crippen molar-refractivity contribution in [2.75, 3.05) is 0 Å². The SMILES string of the molecule is CCC(CC)c1ccc(S(=O)(=O)NN)cc1. The van der Waals surface area contributed by atoms with Crippen LogP contribution in [0.5, 0.6) is 0 Å². The summed E-state index contributed by atoms with van der Waals surface area (Å²) in [5.74, 6) is 5.44. The lowest BCUT2D eigenvalue weighted by Crippen LogP contribution is -2.30. The van der Waals surface area contributed by atoms with Crippen LogP contribution in [0.1, 0.15) is 38.2 Å². The lowest BCUT2D eigenvalue weighted by Gasteiger charge is -2.13. The molecule has 1 rings (SSSR count). The smallest absolute Gasteiger partial charge is 0.253 e. The molecule has 0 aliphatic carbocycles. The molecule has 0 bridgehead atoms. The molecule has 16 heavy (non-hydrogen) atoms. The molecule has 0 saturated heterocycles. The maximum absolute atomic E-state index is 11.4. The van der Waals surface area contributed by atoms with Crippen LogP contribution in [-0.2, 0) is 10.0 Å². The number of hydrogen-bond acceptors (Lipinski definition) is 3. The first-order valence-corrected chi connectivity index (χ1v) is 6.85. The number of hydrazine groups is 1. The second kappa shape index (κ2) is 5.43. The average molecular weight is 242 g/mol. The Balaban J connectivity index is 3.00. The van der Waals surface area contributed by atoms with Crippen LogP contribution in [0.25, 0.3) is 0 Å². The molecule has 90 valence electrons. The summed E-state index contributed by atoms with van der Waals surface area (Å²) in [5.41, 5.74) is 1.17. The first kappa shape index (κ1) is 13.2. The summed E-state index contributed by atoms with van der Waals surface area (Å²) in [6.07, 6.45) is 2.11. The van der Waals surface area contributed by atoms with Gasteiger partial charge in [0, 0.05) is 0 Å². The van der Waals surface area contributed by atoms with E-state index in [2.05, 4.69) is 13.8 Å². The van der Waals surface area contributed by atoms with Gasteiger partial charge in [0.2, 0.25) is 0 Å². The molecule has 0 saturated carbocycles. The minimum atomic E-state index is -3.53. The van der Waals surface area contributed by atoms with Gasteiger partial charge in [-0.2, -0.15) is 4.83 Å². The fourth-order valence-electron chi connectivity index (χ4n) is 1.75. The van der Waals surface area contributed by atoms with E-state index in [1.807, 2.05) is 12.1 Å². The number of sulfonamides is 1. The normalized spacial score (nSPS) is 12.0. The third-order valence-electron chi connectivity index (χ3n) is 2.80. The third-order valence-corrected chi connectivity index (χ3v) is 4.01. The van der Waals surface area contributed by atoms with Gasteiger partial charge in [0.15, 0.2) is 0 Å². The Hall–Kier alpha value is -0.910. The van der Waals surface area contributed by atoms with E-state index in [1.165, 1.54) is 5.56 Å². The molecule has 1 aromatic rings. The van der Waals surface area contributed by atoms with Crippen LogP contribution in [0, 0.1) is 0 Å². The number of nitrogens with two attached hydrogens (primary N) is 1. The molecule has 1 aromatic carbocycles. The van der Waals surface area contributed by atoms with Crippen molar-refractivity contribution in [3.63, 3.8) is 0 Å². The Labute approximate surface area is 96.9 Å². The number of hydrogen-bond donors (Lipinski definition) is 2. The summed E-state index contributed by atoms with van der Waals surface area (Å²) in [7, 11) is -3.53. The molecule has 0 aromatic heterocycles. The van der Waals surface area contributed by atoms with Crippen molar-refractivity contribution in [2.24, 2.45) is 5.84 Å². The predicted octanol–water partition coefficient (Wildman–Crippen LogP) is 1.74. The van der Waals surface area contributed by atoms with Crippen molar-refractivity contribution in [1.82, 2.24) is 4.83 Å².